The van der Waals surface area contributed by atoms with Crippen molar-refractivity contribution >= 4 is 40.9 Å². The summed E-state index contributed by atoms with van der Waals surface area (Å²) in [5.41, 5.74) is 2.86. The van der Waals surface area contributed by atoms with E-state index >= 15 is 0 Å². The number of nitrogens with zero attached hydrogens (tertiary/aromatic N) is 3. The van der Waals surface area contributed by atoms with Crippen LogP contribution in [0.15, 0.2) is 52.1 Å². The number of rotatable bonds is 7. The van der Waals surface area contributed by atoms with Crippen LogP contribution in [0.3, 0.4) is 0 Å². The van der Waals surface area contributed by atoms with Crippen LogP contribution in [0.4, 0.5) is 5.69 Å². The van der Waals surface area contributed by atoms with Gasteiger partial charge in [-0.25, -0.2) is 4.98 Å². The van der Waals surface area contributed by atoms with Crippen molar-refractivity contribution in [1.82, 2.24) is 15.0 Å². The molecule has 156 valence electrons. The summed E-state index contributed by atoms with van der Waals surface area (Å²) in [4.78, 5) is 31.0. The predicted octanol–water partition coefficient (Wildman–Crippen LogP) is 4.34. The molecule has 0 spiro atoms. The summed E-state index contributed by atoms with van der Waals surface area (Å²) >= 11 is 7.28. The van der Waals surface area contributed by atoms with Gasteiger partial charge >= 0.3 is 0 Å². The van der Waals surface area contributed by atoms with Gasteiger partial charge in [-0.15, -0.1) is 11.8 Å². The van der Waals surface area contributed by atoms with Crippen LogP contribution in [0.25, 0.3) is 0 Å². The SMILES string of the molecule is Cc1noc(C)c1CSc1ncccc1C(=O)N(C)CC(=O)Nc1ccc(Cl)cc1. The second kappa shape index (κ2) is 9.77. The number of halogens is 1. The van der Waals surface area contributed by atoms with Gasteiger partial charge in [-0.2, -0.15) is 0 Å². The summed E-state index contributed by atoms with van der Waals surface area (Å²) in [6.45, 7) is 3.64. The molecule has 1 aromatic carbocycles. The summed E-state index contributed by atoms with van der Waals surface area (Å²) in [5.74, 6) is 0.747. The molecular weight excluding hydrogens is 424 g/mol. The number of pyridine rings is 1. The monoisotopic (exact) mass is 444 g/mol. The summed E-state index contributed by atoms with van der Waals surface area (Å²) in [5, 5.41) is 7.87. The summed E-state index contributed by atoms with van der Waals surface area (Å²) in [6.07, 6.45) is 1.64. The molecule has 0 aliphatic heterocycles. The molecule has 0 unspecified atom stereocenters. The molecule has 0 aliphatic rings. The number of hydrogen-bond acceptors (Lipinski definition) is 6. The highest BCUT2D eigenvalue weighted by Crippen LogP contribution is 2.27. The van der Waals surface area contributed by atoms with Crippen molar-refractivity contribution in [3.8, 4) is 0 Å². The average Bonchev–Trinajstić information content (AvgIpc) is 3.05. The predicted molar refractivity (Wildman–Crippen MR) is 117 cm³/mol. The van der Waals surface area contributed by atoms with Crippen LogP contribution in [0, 0.1) is 13.8 Å². The number of aryl methyl sites for hydroxylation is 2. The van der Waals surface area contributed by atoms with Crippen molar-refractivity contribution in [2.75, 3.05) is 18.9 Å². The second-order valence-electron chi connectivity index (χ2n) is 6.66. The number of amides is 2. The maximum Gasteiger partial charge on any atom is 0.256 e. The first kappa shape index (κ1) is 21.9. The molecule has 2 amide bonds. The largest absolute Gasteiger partial charge is 0.361 e. The Kier molecular flexibility index (Phi) is 7.12. The number of aromatic nitrogens is 2. The highest BCUT2D eigenvalue weighted by atomic mass is 35.5. The summed E-state index contributed by atoms with van der Waals surface area (Å²) in [7, 11) is 1.58. The minimum Gasteiger partial charge on any atom is -0.361 e. The van der Waals surface area contributed by atoms with Crippen LogP contribution in [0.5, 0.6) is 0 Å². The van der Waals surface area contributed by atoms with Gasteiger partial charge in [0.2, 0.25) is 5.91 Å². The lowest BCUT2D eigenvalue weighted by Gasteiger charge is -2.18. The van der Waals surface area contributed by atoms with E-state index in [-0.39, 0.29) is 18.4 Å². The number of anilines is 1. The molecule has 30 heavy (non-hydrogen) atoms. The van der Waals surface area contributed by atoms with Crippen molar-refractivity contribution in [3.05, 3.63) is 70.2 Å². The molecule has 0 aliphatic carbocycles. The Morgan fingerprint density at radius 1 is 1.20 bits per heavy atom. The molecule has 3 rings (SSSR count). The maximum atomic E-state index is 12.9. The van der Waals surface area contributed by atoms with E-state index in [9.17, 15) is 9.59 Å². The number of benzene rings is 1. The van der Waals surface area contributed by atoms with E-state index in [0.29, 0.717) is 27.1 Å². The molecule has 0 saturated carbocycles. The van der Waals surface area contributed by atoms with Crippen LogP contribution < -0.4 is 5.32 Å². The first-order valence-electron chi connectivity index (χ1n) is 9.15. The lowest BCUT2D eigenvalue weighted by Crippen LogP contribution is -2.35. The molecule has 0 radical (unpaired) electrons. The average molecular weight is 445 g/mol. The van der Waals surface area contributed by atoms with Crippen molar-refractivity contribution in [2.24, 2.45) is 0 Å². The van der Waals surface area contributed by atoms with E-state index in [2.05, 4.69) is 15.5 Å². The van der Waals surface area contributed by atoms with Gasteiger partial charge in [0.25, 0.3) is 5.91 Å². The Morgan fingerprint density at radius 3 is 2.60 bits per heavy atom. The van der Waals surface area contributed by atoms with Crippen molar-refractivity contribution in [3.63, 3.8) is 0 Å². The topological polar surface area (TPSA) is 88.3 Å². The summed E-state index contributed by atoms with van der Waals surface area (Å²) in [6, 6.07) is 10.2. The van der Waals surface area contributed by atoms with Crippen LogP contribution in [-0.2, 0) is 10.5 Å². The van der Waals surface area contributed by atoms with E-state index in [1.807, 2.05) is 13.8 Å². The van der Waals surface area contributed by atoms with Crippen LogP contribution in [-0.4, -0.2) is 40.4 Å². The maximum absolute atomic E-state index is 12.9. The molecule has 7 nitrogen and oxygen atoms in total. The molecule has 0 bridgehead atoms. The lowest BCUT2D eigenvalue weighted by atomic mass is 10.2. The molecule has 1 N–H and O–H groups in total. The highest BCUT2D eigenvalue weighted by Gasteiger charge is 2.20. The minimum atomic E-state index is -0.304. The number of nitrogens with one attached hydrogen (secondary N) is 1. The van der Waals surface area contributed by atoms with Crippen LogP contribution >= 0.6 is 23.4 Å². The lowest BCUT2D eigenvalue weighted by molar-refractivity contribution is -0.116. The van der Waals surface area contributed by atoms with E-state index < -0.39 is 0 Å². The molecule has 0 fully saturated rings. The molecular formula is C21H21ClN4O3S. The van der Waals surface area contributed by atoms with E-state index in [0.717, 1.165) is 17.0 Å². The number of hydrogen-bond donors (Lipinski definition) is 1. The molecule has 0 atom stereocenters. The number of carbonyl (C=O) groups excluding carboxylic acids is 2. The molecule has 3 aromatic rings. The zero-order chi connectivity index (χ0) is 21.7. The normalized spacial score (nSPS) is 10.7. The smallest absolute Gasteiger partial charge is 0.256 e. The van der Waals surface area contributed by atoms with Crippen molar-refractivity contribution < 1.29 is 14.1 Å². The third-order valence-electron chi connectivity index (χ3n) is 4.39. The zero-order valence-corrected chi connectivity index (χ0v) is 18.4. The minimum absolute atomic E-state index is 0.0929. The third-order valence-corrected chi connectivity index (χ3v) is 5.68. The Labute approximate surface area is 183 Å². The first-order valence-corrected chi connectivity index (χ1v) is 10.5. The highest BCUT2D eigenvalue weighted by molar-refractivity contribution is 7.98. The number of likely N-dealkylation sites (N-methyl/N-ethyl adjacent to an activating group) is 1. The van der Waals surface area contributed by atoms with Gasteiger partial charge in [-0.3, -0.25) is 9.59 Å². The van der Waals surface area contributed by atoms with E-state index in [4.69, 9.17) is 16.1 Å². The standard InChI is InChI=1S/C21H21ClN4O3S/c1-13-18(14(2)29-25-13)12-30-20-17(5-4-10-23-20)21(28)26(3)11-19(27)24-16-8-6-15(22)7-9-16/h4-10H,11-12H2,1-3H3,(H,24,27). The Morgan fingerprint density at radius 2 is 1.93 bits per heavy atom. The molecule has 9 heteroatoms. The van der Waals surface area contributed by atoms with E-state index in [1.165, 1.54) is 16.7 Å². The second-order valence-corrected chi connectivity index (χ2v) is 8.06. The number of carbonyl (C=O) groups is 2. The van der Waals surface area contributed by atoms with Crippen molar-refractivity contribution in [1.29, 1.82) is 0 Å². The number of thioether (sulfide) groups is 1. The van der Waals surface area contributed by atoms with Gasteiger partial charge in [-0.1, -0.05) is 16.8 Å². The molecule has 2 heterocycles. The Hall–Kier alpha value is -2.84. The fourth-order valence-corrected chi connectivity index (χ4v) is 4.01. The quantitative estimate of drug-likeness (QED) is 0.545. The van der Waals surface area contributed by atoms with Gasteiger partial charge in [-0.05, 0) is 50.2 Å². The van der Waals surface area contributed by atoms with Gasteiger partial charge in [0.1, 0.15) is 10.8 Å². The Balaban J connectivity index is 1.65. The Bertz CT molecular complexity index is 1030. The molecule has 2 aromatic heterocycles. The van der Waals surface area contributed by atoms with E-state index in [1.54, 1.807) is 49.6 Å². The van der Waals surface area contributed by atoms with Gasteiger partial charge in [0, 0.05) is 35.3 Å². The van der Waals surface area contributed by atoms with Crippen LogP contribution in [0.2, 0.25) is 5.02 Å². The summed E-state index contributed by atoms with van der Waals surface area (Å²) < 4.78 is 5.19. The molecule has 0 saturated heterocycles. The fourth-order valence-electron chi connectivity index (χ4n) is 2.74. The van der Waals surface area contributed by atoms with Gasteiger partial charge < -0.3 is 14.7 Å². The first-order chi connectivity index (χ1) is 14.3. The fraction of sp³-hybridized carbons (Fsp3) is 0.238. The van der Waals surface area contributed by atoms with Crippen molar-refractivity contribution in [2.45, 2.75) is 24.6 Å². The third kappa shape index (κ3) is 5.40. The zero-order valence-electron chi connectivity index (χ0n) is 16.8. The van der Waals surface area contributed by atoms with Gasteiger partial charge in [0.15, 0.2) is 0 Å². The van der Waals surface area contributed by atoms with Gasteiger partial charge in [0.05, 0.1) is 17.8 Å². The van der Waals surface area contributed by atoms with Crippen LogP contribution in [0.1, 0.15) is 27.4 Å².